The Morgan fingerprint density at radius 1 is 1.20 bits per heavy atom. The Hall–Kier alpha value is -0.0400. The van der Waals surface area contributed by atoms with Crippen LogP contribution in [0.3, 0.4) is 0 Å². The third-order valence-electron chi connectivity index (χ3n) is 0.500. The van der Waals surface area contributed by atoms with E-state index in [2.05, 4.69) is 19.2 Å². The van der Waals surface area contributed by atoms with Crippen LogP contribution in [0.25, 0.3) is 0 Å². The number of hydrogen-bond donors (Lipinski definition) is 1. The van der Waals surface area contributed by atoms with Crippen LogP contribution < -0.4 is 5.32 Å². The van der Waals surface area contributed by atoms with Gasteiger partial charge >= 0.3 is 0 Å². The van der Waals surface area contributed by atoms with Crippen LogP contribution in [0.4, 0.5) is 0 Å². The van der Waals surface area contributed by atoms with E-state index in [1.54, 1.807) is 0 Å². The summed E-state index contributed by atoms with van der Waals surface area (Å²) in [6.07, 6.45) is 0. The highest BCUT2D eigenvalue weighted by Gasteiger charge is 1.62. The molecule has 0 aliphatic carbocycles. The van der Waals surface area contributed by atoms with Crippen LogP contribution in [-0.4, -0.2) is 13.1 Å². The van der Waals surface area contributed by atoms with E-state index < -0.39 is 0 Å². The van der Waals surface area contributed by atoms with Crippen LogP contribution >= 0.6 is 0 Å². The molecule has 32 valence electrons. The zero-order valence-electron chi connectivity index (χ0n) is 3.91. The second-order valence-corrected chi connectivity index (χ2v) is 0.957. The number of hydrogen-bond acceptors (Lipinski definition) is 1. The standard InChI is InChI=1S/C4H11N/c1-3-5-4-2/h5H,3-4H2,1-2H3/i5+1. The van der Waals surface area contributed by atoms with Gasteiger partial charge in [-0.25, -0.2) is 0 Å². The Morgan fingerprint density at radius 2 is 1.60 bits per heavy atom. The first-order chi connectivity index (χ1) is 2.41. The molecular formula is C4H11N. The van der Waals surface area contributed by atoms with Crippen molar-refractivity contribution >= 4 is 0 Å². The lowest BCUT2D eigenvalue weighted by Crippen LogP contribution is -2.09. The van der Waals surface area contributed by atoms with E-state index in [1.165, 1.54) is 0 Å². The summed E-state index contributed by atoms with van der Waals surface area (Å²) in [5.41, 5.74) is 0. The zero-order chi connectivity index (χ0) is 4.12. The van der Waals surface area contributed by atoms with E-state index in [0.717, 1.165) is 13.1 Å². The van der Waals surface area contributed by atoms with Gasteiger partial charge in [0.05, 0.1) is 0 Å². The topological polar surface area (TPSA) is 12.0 Å². The maximum absolute atomic E-state index is 3.11. The highest BCUT2D eigenvalue weighted by Crippen LogP contribution is 1.47. The molecule has 0 unspecified atom stereocenters. The molecule has 0 aliphatic heterocycles. The van der Waals surface area contributed by atoms with E-state index in [4.69, 9.17) is 0 Å². The Balaban J connectivity index is 2.19. The Bertz CT molecular complexity index is 11.1. The van der Waals surface area contributed by atoms with Crippen molar-refractivity contribution in [2.24, 2.45) is 0 Å². The normalized spacial score (nSPS) is 8.40. The summed E-state index contributed by atoms with van der Waals surface area (Å²) in [7, 11) is 0. The Kier molecular flexibility index (Phi) is 3.93. The molecule has 1 heteroatoms. The molecule has 0 amide bonds. The Labute approximate surface area is 33.4 Å². The van der Waals surface area contributed by atoms with Crippen LogP contribution in [0, 0.1) is 0 Å². The first-order valence-electron chi connectivity index (χ1n) is 2.12. The smallest absolute Gasteiger partial charge is 0.00775 e. The van der Waals surface area contributed by atoms with Crippen LogP contribution in [0.5, 0.6) is 0 Å². The minimum absolute atomic E-state index is 1.09. The molecule has 0 aromatic carbocycles. The van der Waals surface area contributed by atoms with Gasteiger partial charge in [-0.2, -0.15) is 0 Å². The van der Waals surface area contributed by atoms with Crippen LogP contribution in [0.2, 0.25) is 0 Å². The van der Waals surface area contributed by atoms with Gasteiger partial charge in [-0.05, 0) is 13.1 Å². The molecule has 0 saturated heterocycles. The minimum Gasteiger partial charge on any atom is -0.317 e. The summed E-state index contributed by atoms with van der Waals surface area (Å²) in [5.74, 6) is 0. The van der Waals surface area contributed by atoms with E-state index in [-0.39, 0.29) is 0 Å². The van der Waals surface area contributed by atoms with Gasteiger partial charge in [0.1, 0.15) is 0 Å². The van der Waals surface area contributed by atoms with Crippen molar-refractivity contribution in [1.82, 2.24) is 5.32 Å². The van der Waals surface area contributed by atoms with Gasteiger partial charge in [0.25, 0.3) is 0 Å². The average Bonchev–Trinajstić information content (AvgIpc) is 1.41. The van der Waals surface area contributed by atoms with Crippen molar-refractivity contribution in [2.45, 2.75) is 13.8 Å². The fourth-order valence-corrected chi connectivity index (χ4v) is 0.250. The van der Waals surface area contributed by atoms with Crippen molar-refractivity contribution < 1.29 is 0 Å². The fourth-order valence-electron chi connectivity index (χ4n) is 0.250. The van der Waals surface area contributed by atoms with Crippen molar-refractivity contribution in [1.29, 1.82) is 0 Å². The lowest BCUT2D eigenvalue weighted by molar-refractivity contribution is 0.762. The summed E-state index contributed by atoms with van der Waals surface area (Å²) < 4.78 is 0. The van der Waals surface area contributed by atoms with Gasteiger partial charge in [0, 0.05) is 0 Å². The second kappa shape index (κ2) is 3.96. The minimum atomic E-state index is 1.09. The molecule has 0 aromatic heterocycles. The zero-order valence-corrected chi connectivity index (χ0v) is 3.91. The fraction of sp³-hybridized carbons (Fsp3) is 1.00. The number of nitrogens with one attached hydrogen (secondary N) is 1. The molecule has 0 rings (SSSR count). The molecule has 1 nitrogen and oxygen atoms in total. The van der Waals surface area contributed by atoms with E-state index in [0.29, 0.717) is 0 Å². The largest absolute Gasteiger partial charge is 0.317 e. The van der Waals surface area contributed by atoms with Crippen LogP contribution in [-0.2, 0) is 0 Å². The van der Waals surface area contributed by atoms with Crippen LogP contribution in [0.15, 0.2) is 0 Å². The third kappa shape index (κ3) is 3.96. The average molecular weight is 74.1 g/mol. The molecule has 0 aromatic rings. The number of rotatable bonds is 2. The molecule has 0 radical (unpaired) electrons. The SMILES string of the molecule is CC[15NH]CC. The highest BCUT2D eigenvalue weighted by atomic mass is 15.6. The van der Waals surface area contributed by atoms with E-state index in [9.17, 15) is 0 Å². The monoisotopic (exact) mass is 74.1 g/mol. The molecule has 0 heterocycles. The summed E-state index contributed by atoms with van der Waals surface area (Å²) >= 11 is 0. The van der Waals surface area contributed by atoms with Gasteiger partial charge < -0.3 is 5.32 Å². The molecule has 0 spiro atoms. The first-order valence-corrected chi connectivity index (χ1v) is 2.12. The quantitative estimate of drug-likeness (QED) is 0.473. The van der Waals surface area contributed by atoms with Gasteiger partial charge in [0.2, 0.25) is 0 Å². The van der Waals surface area contributed by atoms with Crippen molar-refractivity contribution in [3.63, 3.8) is 0 Å². The maximum Gasteiger partial charge on any atom is -0.00775 e. The molecule has 0 aliphatic rings. The maximum atomic E-state index is 3.11. The van der Waals surface area contributed by atoms with Gasteiger partial charge in [-0.15, -0.1) is 0 Å². The van der Waals surface area contributed by atoms with Crippen molar-refractivity contribution in [3.05, 3.63) is 0 Å². The predicted octanol–water partition coefficient (Wildman–Crippen LogP) is 0.616. The molecule has 0 saturated carbocycles. The van der Waals surface area contributed by atoms with E-state index >= 15 is 0 Å². The Morgan fingerprint density at radius 3 is 1.60 bits per heavy atom. The first kappa shape index (κ1) is 4.96. The van der Waals surface area contributed by atoms with Crippen LogP contribution in [0.1, 0.15) is 13.8 Å². The molecule has 0 fully saturated rings. The molecule has 5 heavy (non-hydrogen) atoms. The molecule has 1 N–H and O–H groups in total. The van der Waals surface area contributed by atoms with Crippen molar-refractivity contribution in [3.8, 4) is 0 Å². The van der Waals surface area contributed by atoms with Gasteiger partial charge in [-0.3, -0.25) is 0 Å². The van der Waals surface area contributed by atoms with Crippen molar-refractivity contribution in [2.75, 3.05) is 13.1 Å². The summed E-state index contributed by atoms with van der Waals surface area (Å²) in [6.45, 7) is 6.39. The molecule has 0 bridgehead atoms. The summed E-state index contributed by atoms with van der Waals surface area (Å²) in [5, 5.41) is 3.11. The highest BCUT2D eigenvalue weighted by molar-refractivity contribution is 4.27. The molecular weight excluding hydrogens is 63.0 g/mol. The molecule has 0 atom stereocenters. The summed E-state index contributed by atoms with van der Waals surface area (Å²) in [4.78, 5) is 0. The summed E-state index contributed by atoms with van der Waals surface area (Å²) in [6, 6.07) is 0. The lowest BCUT2D eigenvalue weighted by Gasteiger charge is -1.86. The van der Waals surface area contributed by atoms with Gasteiger partial charge in [-0.1, -0.05) is 13.8 Å². The predicted molar refractivity (Wildman–Crippen MR) is 24.2 cm³/mol. The second-order valence-electron chi connectivity index (χ2n) is 0.957. The lowest BCUT2D eigenvalue weighted by atomic mass is 10.7. The third-order valence-corrected chi connectivity index (χ3v) is 0.500. The van der Waals surface area contributed by atoms with E-state index in [1.807, 2.05) is 0 Å². The van der Waals surface area contributed by atoms with Gasteiger partial charge in [0.15, 0.2) is 0 Å².